The Labute approximate surface area is 129 Å². The van der Waals surface area contributed by atoms with Crippen molar-refractivity contribution in [1.82, 2.24) is 0 Å². The Kier molecular flexibility index (Phi) is 13.5. The lowest BCUT2D eigenvalue weighted by Crippen LogP contribution is -2.25. The maximum absolute atomic E-state index is 5.75. The average Bonchev–Trinajstić information content (AvgIpc) is 2.33. The van der Waals surface area contributed by atoms with Crippen molar-refractivity contribution in [2.45, 2.75) is 46.6 Å². The van der Waals surface area contributed by atoms with Gasteiger partial charge < -0.3 is 13.3 Å². The van der Waals surface area contributed by atoms with E-state index in [1.165, 1.54) is 11.1 Å². The molecule has 7 heteroatoms. The van der Waals surface area contributed by atoms with Crippen LogP contribution in [0.25, 0.3) is 0 Å². The molecule has 0 unspecified atom stereocenters. The Balaban J connectivity index is 3.99. The molecule has 0 aromatic carbocycles. The summed E-state index contributed by atoms with van der Waals surface area (Å²) in [5.74, 6) is 0.710. The van der Waals surface area contributed by atoms with Gasteiger partial charge in [0.2, 0.25) is 6.48 Å². The molecule has 0 N–H and O–H groups in total. The van der Waals surface area contributed by atoms with Crippen molar-refractivity contribution in [3.63, 3.8) is 0 Å². The monoisotopic (exact) mass is 338 g/mol. The van der Waals surface area contributed by atoms with Crippen LogP contribution in [0.5, 0.6) is 0 Å². The van der Waals surface area contributed by atoms with E-state index >= 15 is 0 Å². The predicted molar refractivity (Wildman–Crippen MR) is 91.7 cm³/mol. The number of rotatable bonds is 11. The molecule has 0 saturated heterocycles. The van der Waals surface area contributed by atoms with Crippen LogP contribution in [0.4, 0.5) is 0 Å². The van der Waals surface area contributed by atoms with Gasteiger partial charge in [-0.2, -0.15) is 0 Å². The lowest BCUT2D eigenvalue weighted by Gasteiger charge is -2.18. The normalized spacial score (nSPS) is 13.9. The van der Waals surface area contributed by atoms with E-state index in [2.05, 4.69) is 39.1 Å². The molecule has 0 amide bonds. The van der Waals surface area contributed by atoms with Gasteiger partial charge in [0, 0.05) is 5.88 Å². The minimum absolute atomic E-state index is 0.425. The first-order chi connectivity index (χ1) is 9.06. The summed E-state index contributed by atoms with van der Waals surface area (Å²) in [7, 11) is -1.94. The maximum atomic E-state index is 5.75. The third-order valence-corrected chi connectivity index (χ3v) is 6.69. The molecule has 0 atom stereocenters. The van der Waals surface area contributed by atoms with Crippen LogP contribution < -0.4 is 0 Å². The molecule has 0 aromatic heterocycles. The van der Waals surface area contributed by atoms with Gasteiger partial charge >= 0.3 is 0 Å². The Bertz CT molecular complexity index is 255. The van der Waals surface area contributed by atoms with E-state index in [1.807, 2.05) is 0 Å². The second kappa shape index (κ2) is 13.3. The van der Waals surface area contributed by atoms with Crippen molar-refractivity contribution in [3.05, 3.63) is 22.5 Å². The van der Waals surface area contributed by atoms with E-state index in [4.69, 9.17) is 24.9 Å². The Hall–Kier alpha value is 0.301. The molecule has 0 radical (unpaired) electrons. The molecule has 0 aromatic rings. The van der Waals surface area contributed by atoms with Gasteiger partial charge in [0.1, 0.15) is 0 Å². The predicted octanol–water partition coefficient (Wildman–Crippen LogP) is 1.47. The third-order valence-electron chi connectivity index (χ3n) is 2.23. The molecule has 0 rings (SSSR count). The van der Waals surface area contributed by atoms with Crippen molar-refractivity contribution in [2.24, 2.45) is 0 Å². The van der Waals surface area contributed by atoms with Gasteiger partial charge in [-0.3, -0.25) is 0 Å². The van der Waals surface area contributed by atoms with Crippen LogP contribution in [-0.2, 0) is 13.3 Å². The molecular weight excluding hydrogens is 312 g/mol. The lowest BCUT2D eigenvalue weighted by atomic mass is 10.4. The van der Waals surface area contributed by atoms with Crippen molar-refractivity contribution < 1.29 is 13.3 Å². The van der Waals surface area contributed by atoms with Gasteiger partial charge in [-0.1, -0.05) is 22.5 Å². The fourth-order valence-corrected chi connectivity index (χ4v) is 4.75. The van der Waals surface area contributed by atoms with E-state index in [-0.39, 0.29) is 0 Å². The zero-order valence-corrected chi connectivity index (χ0v) is 17.6. The number of halogens is 1. The van der Waals surface area contributed by atoms with E-state index in [0.717, 1.165) is 12.5 Å². The highest BCUT2D eigenvalue weighted by Gasteiger charge is 2.07. The van der Waals surface area contributed by atoms with Crippen molar-refractivity contribution in [2.75, 3.05) is 5.88 Å². The summed E-state index contributed by atoms with van der Waals surface area (Å²) >= 11 is 5.66. The van der Waals surface area contributed by atoms with Crippen LogP contribution >= 0.6 is 11.6 Å². The van der Waals surface area contributed by atoms with Gasteiger partial charge in [-0.15, -0.1) is 11.6 Å². The number of allylic oxidation sites excluding steroid dienone is 2. The molecule has 3 nitrogen and oxygen atoms in total. The van der Waals surface area contributed by atoms with Gasteiger partial charge in [-0.25, -0.2) is 0 Å². The third kappa shape index (κ3) is 14.5. The average molecular weight is 339 g/mol. The second-order valence-corrected chi connectivity index (χ2v) is 8.76. The second-order valence-electron chi connectivity index (χ2n) is 4.79. The minimum atomic E-state index is -0.685. The summed E-state index contributed by atoms with van der Waals surface area (Å²) in [6.45, 7) is 7.91. The van der Waals surface area contributed by atoms with Crippen LogP contribution in [0.15, 0.2) is 22.5 Å². The molecule has 0 fully saturated rings. The standard InChI is InChI=1S/C12H27ClO3Si3/c1-10(2)8-18-15-12(14-17-7-5-6-13)16-19-9-11(3)4/h8-9,12H,5-7,17-19H2,1-4H3. The van der Waals surface area contributed by atoms with Gasteiger partial charge in [0.15, 0.2) is 29.3 Å². The summed E-state index contributed by atoms with van der Waals surface area (Å²) in [6, 6.07) is 1.08. The van der Waals surface area contributed by atoms with Crippen LogP contribution in [0.3, 0.4) is 0 Å². The maximum Gasteiger partial charge on any atom is 0.242 e. The molecular formula is C12H27ClO3Si3. The van der Waals surface area contributed by atoms with E-state index < -0.39 is 35.8 Å². The highest BCUT2D eigenvalue weighted by molar-refractivity contribution is 6.36. The summed E-state index contributed by atoms with van der Waals surface area (Å²) in [6.07, 6.45) is 1.03. The molecule has 19 heavy (non-hydrogen) atoms. The fraction of sp³-hybridized carbons (Fsp3) is 0.667. The van der Waals surface area contributed by atoms with Crippen LogP contribution in [-0.4, -0.2) is 41.6 Å². The van der Waals surface area contributed by atoms with E-state index in [1.54, 1.807) is 0 Å². The Morgan fingerprint density at radius 2 is 1.53 bits per heavy atom. The largest absolute Gasteiger partial charge is 0.380 e. The lowest BCUT2D eigenvalue weighted by molar-refractivity contribution is -0.138. The molecule has 0 saturated carbocycles. The fourth-order valence-electron chi connectivity index (χ4n) is 1.11. The zero-order valence-electron chi connectivity index (χ0n) is 12.6. The first kappa shape index (κ1) is 19.3. The molecule has 112 valence electrons. The van der Waals surface area contributed by atoms with Crippen molar-refractivity contribution in [3.8, 4) is 0 Å². The van der Waals surface area contributed by atoms with Gasteiger partial charge in [0.05, 0.1) is 0 Å². The molecule has 0 spiro atoms. The van der Waals surface area contributed by atoms with E-state index in [0.29, 0.717) is 5.88 Å². The molecule has 0 aliphatic heterocycles. The topological polar surface area (TPSA) is 27.7 Å². The Morgan fingerprint density at radius 3 is 1.95 bits per heavy atom. The van der Waals surface area contributed by atoms with Crippen LogP contribution in [0.2, 0.25) is 6.04 Å². The number of alkyl halides is 1. The zero-order chi connectivity index (χ0) is 14.5. The number of hydrogen-bond acceptors (Lipinski definition) is 3. The molecule has 0 heterocycles. The van der Waals surface area contributed by atoms with Crippen molar-refractivity contribution in [1.29, 1.82) is 0 Å². The smallest absolute Gasteiger partial charge is 0.242 e. The SMILES string of the molecule is CC(C)=C[SiH2]OC(O[SiH2]C=C(C)C)O[SiH2]CCCCl. The van der Waals surface area contributed by atoms with Gasteiger partial charge in [0.25, 0.3) is 0 Å². The molecule has 0 bridgehead atoms. The number of hydrogen-bond donors (Lipinski definition) is 0. The highest BCUT2D eigenvalue weighted by atomic mass is 35.5. The molecule has 0 aliphatic carbocycles. The first-order valence-electron chi connectivity index (χ1n) is 6.73. The first-order valence-corrected chi connectivity index (χ1v) is 11.6. The summed E-state index contributed by atoms with van der Waals surface area (Å²) in [5, 5.41) is 0. The van der Waals surface area contributed by atoms with Crippen LogP contribution in [0.1, 0.15) is 34.1 Å². The van der Waals surface area contributed by atoms with E-state index in [9.17, 15) is 0 Å². The quantitative estimate of drug-likeness (QED) is 0.247. The Morgan fingerprint density at radius 1 is 1.00 bits per heavy atom. The minimum Gasteiger partial charge on any atom is -0.380 e. The van der Waals surface area contributed by atoms with Crippen molar-refractivity contribution >= 4 is 40.9 Å². The summed E-state index contributed by atoms with van der Waals surface area (Å²) in [5.41, 5.74) is 6.93. The summed E-state index contributed by atoms with van der Waals surface area (Å²) < 4.78 is 17.2. The van der Waals surface area contributed by atoms with Gasteiger partial charge in [-0.05, 0) is 40.2 Å². The van der Waals surface area contributed by atoms with Crippen LogP contribution in [0, 0.1) is 0 Å². The summed E-state index contributed by atoms with van der Waals surface area (Å²) in [4.78, 5) is 0. The molecule has 0 aliphatic rings. The highest BCUT2D eigenvalue weighted by Crippen LogP contribution is 2.01.